The van der Waals surface area contributed by atoms with E-state index in [1.165, 1.54) is 16.6 Å². The molecule has 0 aliphatic carbocycles. The maximum absolute atomic E-state index is 4.72. The average molecular weight is 281 g/mol. The first kappa shape index (κ1) is 13.5. The summed E-state index contributed by atoms with van der Waals surface area (Å²) in [6.07, 6.45) is 2.50. The summed E-state index contributed by atoms with van der Waals surface area (Å²) >= 11 is 0. The zero-order valence-electron chi connectivity index (χ0n) is 12.6. The van der Waals surface area contributed by atoms with Crippen molar-refractivity contribution in [3.63, 3.8) is 0 Å². The second kappa shape index (κ2) is 5.52. The summed E-state index contributed by atoms with van der Waals surface area (Å²) in [6, 6.07) is 8.28. The monoisotopic (exact) mass is 281 g/mol. The fourth-order valence-corrected chi connectivity index (χ4v) is 2.82. The van der Waals surface area contributed by atoms with E-state index >= 15 is 0 Å². The minimum atomic E-state index is 0.695. The predicted octanol–water partition coefficient (Wildman–Crippen LogP) is 2.86. The van der Waals surface area contributed by atoms with Gasteiger partial charge in [0.2, 0.25) is 0 Å². The van der Waals surface area contributed by atoms with Gasteiger partial charge in [0.1, 0.15) is 12.2 Å². The quantitative estimate of drug-likeness (QED) is 0.799. The molecule has 5 heteroatoms. The highest BCUT2D eigenvalue weighted by molar-refractivity contribution is 5.93. The van der Waals surface area contributed by atoms with Crippen molar-refractivity contribution in [3.05, 3.63) is 47.7 Å². The molecule has 0 fully saturated rings. The molecule has 3 rings (SSSR count). The molecule has 2 heterocycles. The SMILES string of the molecule is CCc1c(C)nc2ccccc2c1N(C)Cc1ncn[nH]1. The molecule has 0 saturated carbocycles. The van der Waals surface area contributed by atoms with Gasteiger partial charge in [-0.1, -0.05) is 25.1 Å². The van der Waals surface area contributed by atoms with E-state index in [1.54, 1.807) is 6.33 Å². The molecular weight excluding hydrogens is 262 g/mol. The van der Waals surface area contributed by atoms with Crippen LogP contribution >= 0.6 is 0 Å². The van der Waals surface area contributed by atoms with Crippen molar-refractivity contribution in [2.24, 2.45) is 0 Å². The minimum absolute atomic E-state index is 0.695. The third kappa shape index (κ3) is 2.46. The van der Waals surface area contributed by atoms with Crippen molar-refractivity contribution in [1.82, 2.24) is 20.2 Å². The van der Waals surface area contributed by atoms with Gasteiger partial charge in [-0.25, -0.2) is 4.98 Å². The Morgan fingerprint density at radius 2 is 2.05 bits per heavy atom. The van der Waals surface area contributed by atoms with Crippen LogP contribution in [0.2, 0.25) is 0 Å². The Balaban J connectivity index is 2.14. The molecule has 0 aliphatic rings. The number of benzene rings is 1. The maximum Gasteiger partial charge on any atom is 0.143 e. The molecule has 0 radical (unpaired) electrons. The van der Waals surface area contributed by atoms with Gasteiger partial charge in [-0.3, -0.25) is 10.1 Å². The van der Waals surface area contributed by atoms with E-state index < -0.39 is 0 Å². The fraction of sp³-hybridized carbons (Fsp3) is 0.312. The predicted molar refractivity (Wildman–Crippen MR) is 84.3 cm³/mol. The van der Waals surface area contributed by atoms with Gasteiger partial charge in [0.25, 0.3) is 0 Å². The lowest BCUT2D eigenvalue weighted by Crippen LogP contribution is -2.20. The largest absolute Gasteiger partial charge is 0.366 e. The number of anilines is 1. The number of fused-ring (bicyclic) bond motifs is 1. The lowest BCUT2D eigenvalue weighted by atomic mass is 10.0. The Bertz CT molecular complexity index is 749. The molecule has 0 unspecified atom stereocenters. The second-order valence-corrected chi connectivity index (χ2v) is 5.18. The van der Waals surface area contributed by atoms with Gasteiger partial charge in [-0.05, 0) is 25.0 Å². The smallest absolute Gasteiger partial charge is 0.143 e. The lowest BCUT2D eigenvalue weighted by Gasteiger charge is -2.24. The molecule has 0 amide bonds. The number of H-pyrrole nitrogens is 1. The van der Waals surface area contributed by atoms with Gasteiger partial charge >= 0.3 is 0 Å². The Labute approximate surface area is 124 Å². The maximum atomic E-state index is 4.72. The number of aromatic amines is 1. The number of nitrogens with one attached hydrogen (secondary N) is 1. The van der Waals surface area contributed by atoms with E-state index in [2.05, 4.69) is 59.2 Å². The molecule has 5 nitrogen and oxygen atoms in total. The van der Waals surface area contributed by atoms with Gasteiger partial charge in [-0.15, -0.1) is 0 Å². The Morgan fingerprint density at radius 1 is 1.24 bits per heavy atom. The number of nitrogens with zero attached hydrogens (tertiary/aromatic N) is 4. The van der Waals surface area contributed by atoms with E-state index in [9.17, 15) is 0 Å². The van der Waals surface area contributed by atoms with Crippen molar-refractivity contribution >= 4 is 16.6 Å². The van der Waals surface area contributed by atoms with Crippen molar-refractivity contribution in [1.29, 1.82) is 0 Å². The van der Waals surface area contributed by atoms with Crippen molar-refractivity contribution < 1.29 is 0 Å². The molecule has 108 valence electrons. The number of pyridine rings is 1. The van der Waals surface area contributed by atoms with Gasteiger partial charge in [0, 0.05) is 18.1 Å². The first-order chi connectivity index (χ1) is 10.2. The summed E-state index contributed by atoms with van der Waals surface area (Å²) in [5.74, 6) is 0.859. The Kier molecular flexibility index (Phi) is 3.56. The standard InChI is InChI=1S/C16H19N5/c1-4-12-11(2)19-14-8-6-5-7-13(14)16(12)21(3)9-15-17-10-18-20-15/h5-8,10H,4,9H2,1-3H3,(H,17,18,20). The number of hydrogen-bond donors (Lipinski definition) is 1. The number of aromatic nitrogens is 4. The summed E-state index contributed by atoms with van der Waals surface area (Å²) in [4.78, 5) is 11.2. The lowest BCUT2D eigenvalue weighted by molar-refractivity contribution is 0.837. The summed E-state index contributed by atoms with van der Waals surface area (Å²) in [7, 11) is 2.09. The summed E-state index contributed by atoms with van der Waals surface area (Å²) < 4.78 is 0. The highest BCUT2D eigenvalue weighted by atomic mass is 15.2. The highest BCUT2D eigenvalue weighted by Gasteiger charge is 2.15. The molecule has 21 heavy (non-hydrogen) atoms. The number of aryl methyl sites for hydroxylation is 1. The van der Waals surface area contributed by atoms with Gasteiger partial charge < -0.3 is 4.90 Å². The van der Waals surface area contributed by atoms with Gasteiger partial charge in [0.05, 0.1) is 17.7 Å². The first-order valence-electron chi connectivity index (χ1n) is 7.14. The third-order valence-electron chi connectivity index (χ3n) is 3.76. The van der Waals surface area contributed by atoms with E-state index in [1.807, 2.05) is 6.07 Å². The Hall–Kier alpha value is -2.43. The van der Waals surface area contributed by atoms with Crippen LogP contribution in [0.15, 0.2) is 30.6 Å². The molecule has 1 aromatic carbocycles. The first-order valence-corrected chi connectivity index (χ1v) is 7.14. The molecule has 2 aromatic heterocycles. The van der Waals surface area contributed by atoms with Crippen LogP contribution in [0, 0.1) is 6.92 Å². The van der Waals surface area contributed by atoms with Crippen LogP contribution < -0.4 is 4.90 Å². The van der Waals surface area contributed by atoms with Crippen molar-refractivity contribution in [2.75, 3.05) is 11.9 Å². The fourth-order valence-electron chi connectivity index (χ4n) is 2.82. The number of rotatable bonds is 4. The second-order valence-electron chi connectivity index (χ2n) is 5.18. The third-order valence-corrected chi connectivity index (χ3v) is 3.76. The van der Waals surface area contributed by atoms with Crippen LogP contribution in [0.4, 0.5) is 5.69 Å². The summed E-state index contributed by atoms with van der Waals surface area (Å²) in [6.45, 7) is 4.95. The average Bonchev–Trinajstić information content (AvgIpc) is 2.98. The highest BCUT2D eigenvalue weighted by Crippen LogP contribution is 2.32. The van der Waals surface area contributed by atoms with E-state index in [4.69, 9.17) is 4.98 Å². The zero-order valence-corrected chi connectivity index (χ0v) is 12.6. The summed E-state index contributed by atoms with van der Waals surface area (Å²) in [5.41, 5.74) is 4.65. The number of hydrogen-bond acceptors (Lipinski definition) is 4. The molecule has 1 N–H and O–H groups in total. The molecule has 0 spiro atoms. The molecule has 0 atom stereocenters. The van der Waals surface area contributed by atoms with Gasteiger partial charge in [-0.2, -0.15) is 5.10 Å². The minimum Gasteiger partial charge on any atom is -0.366 e. The van der Waals surface area contributed by atoms with Crippen LogP contribution in [-0.2, 0) is 13.0 Å². The van der Waals surface area contributed by atoms with Gasteiger partial charge in [0.15, 0.2) is 0 Å². The van der Waals surface area contributed by atoms with E-state index in [0.717, 1.165) is 23.5 Å². The topological polar surface area (TPSA) is 57.7 Å². The molecule has 0 saturated heterocycles. The zero-order chi connectivity index (χ0) is 14.8. The normalized spacial score (nSPS) is 11.0. The molecule has 3 aromatic rings. The van der Waals surface area contributed by atoms with Crippen molar-refractivity contribution in [3.8, 4) is 0 Å². The van der Waals surface area contributed by atoms with Crippen LogP contribution in [0.1, 0.15) is 24.0 Å². The Morgan fingerprint density at radius 3 is 2.76 bits per heavy atom. The molecular formula is C16H19N5. The number of para-hydroxylation sites is 1. The van der Waals surface area contributed by atoms with Crippen LogP contribution in [0.5, 0.6) is 0 Å². The van der Waals surface area contributed by atoms with Crippen molar-refractivity contribution in [2.45, 2.75) is 26.8 Å². The molecule has 0 bridgehead atoms. The van der Waals surface area contributed by atoms with E-state index in [-0.39, 0.29) is 0 Å². The van der Waals surface area contributed by atoms with Crippen LogP contribution in [0.25, 0.3) is 10.9 Å². The summed E-state index contributed by atoms with van der Waals surface area (Å²) in [5, 5.41) is 8.02. The van der Waals surface area contributed by atoms with Crippen LogP contribution in [-0.4, -0.2) is 27.2 Å². The van der Waals surface area contributed by atoms with Crippen LogP contribution in [0.3, 0.4) is 0 Å². The van der Waals surface area contributed by atoms with E-state index in [0.29, 0.717) is 6.54 Å². The molecule has 0 aliphatic heterocycles.